The van der Waals surface area contributed by atoms with Gasteiger partial charge in [0.05, 0.1) is 0 Å². The first-order valence-electron chi connectivity index (χ1n) is 5.96. The number of benzene rings is 2. The number of amidine groups is 1. The lowest BCUT2D eigenvalue weighted by Crippen LogP contribution is -2.18. The van der Waals surface area contributed by atoms with Crippen LogP contribution in [-0.4, -0.2) is 12.2 Å². The van der Waals surface area contributed by atoms with Crippen molar-refractivity contribution in [3.63, 3.8) is 0 Å². The molecule has 0 saturated heterocycles. The molecule has 2 aromatic carbocycles. The monoisotopic (exact) mass is 253 g/mol. The summed E-state index contributed by atoms with van der Waals surface area (Å²) in [6.45, 7) is 0. The predicted octanol–water partition coefficient (Wildman–Crippen LogP) is 2.61. The largest absolute Gasteiger partial charge is 0.425 e. The van der Waals surface area contributed by atoms with Crippen molar-refractivity contribution in [2.45, 2.75) is 6.42 Å². The van der Waals surface area contributed by atoms with Gasteiger partial charge in [0.25, 0.3) is 0 Å². The molecule has 2 N–H and O–H groups in total. The number of nitrogens with two attached hydrogens (primary N) is 1. The molecule has 4 nitrogen and oxygen atoms in total. The minimum Gasteiger partial charge on any atom is -0.425 e. The number of nitrogens with zero attached hydrogens (tertiary/aromatic N) is 2. The highest BCUT2D eigenvalue weighted by atomic mass is 16.5. The van der Waals surface area contributed by atoms with E-state index < -0.39 is 0 Å². The van der Waals surface area contributed by atoms with Crippen molar-refractivity contribution >= 4 is 12.2 Å². The van der Waals surface area contributed by atoms with Gasteiger partial charge in [0.1, 0.15) is 5.75 Å². The molecule has 0 heterocycles. The molecule has 96 valence electrons. The van der Waals surface area contributed by atoms with Crippen molar-refractivity contribution in [3.8, 4) is 5.75 Å². The summed E-state index contributed by atoms with van der Waals surface area (Å²) in [5.74, 6) is 0.641. The lowest BCUT2D eigenvalue weighted by atomic mass is 10.2. The van der Waals surface area contributed by atoms with Gasteiger partial charge in [-0.3, -0.25) is 0 Å². The third-order valence-corrected chi connectivity index (χ3v) is 2.37. The van der Waals surface area contributed by atoms with Crippen LogP contribution in [0.25, 0.3) is 0 Å². The molecule has 0 bridgehead atoms. The van der Waals surface area contributed by atoms with Gasteiger partial charge >= 0.3 is 6.02 Å². The normalized spacial score (nSPS) is 11.7. The smallest absolute Gasteiger partial charge is 0.311 e. The zero-order valence-electron chi connectivity index (χ0n) is 10.4. The molecular formula is C15H15N3O. The van der Waals surface area contributed by atoms with Gasteiger partial charge in [-0.1, -0.05) is 53.6 Å². The van der Waals surface area contributed by atoms with E-state index in [1.807, 2.05) is 48.5 Å². The Labute approximate surface area is 112 Å². The van der Waals surface area contributed by atoms with Crippen LogP contribution >= 0.6 is 0 Å². The second-order valence-electron chi connectivity index (χ2n) is 3.84. The summed E-state index contributed by atoms with van der Waals surface area (Å²) in [6.07, 6.45) is 2.40. The average molecular weight is 253 g/mol. The van der Waals surface area contributed by atoms with Crippen LogP contribution in [0.2, 0.25) is 0 Å². The highest BCUT2D eigenvalue weighted by molar-refractivity contribution is 5.74. The Balaban J connectivity index is 1.85. The van der Waals surface area contributed by atoms with E-state index in [1.54, 1.807) is 18.3 Å². The van der Waals surface area contributed by atoms with E-state index in [0.29, 0.717) is 12.2 Å². The highest BCUT2D eigenvalue weighted by Crippen LogP contribution is 2.07. The molecule has 0 amide bonds. The van der Waals surface area contributed by atoms with Crippen LogP contribution in [0.1, 0.15) is 5.56 Å². The molecule has 0 unspecified atom stereocenters. The number of hydrogen-bond acceptors (Lipinski definition) is 3. The second kappa shape index (κ2) is 6.96. The molecule has 19 heavy (non-hydrogen) atoms. The van der Waals surface area contributed by atoms with Crippen molar-refractivity contribution < 1.29 is 4.74 Å². The standard InChI is InChI=1S/C15H15N3O/c16-15(19-14-9-5-2-6-10-14)18-17-12-11-13-7-3-1-4-8-13/h1-10,12H,11H2,(H2,16,18)/b17-12+. The topological polar surface area (TPSA) is 60.0 Å². The summed E-state index contributed by atoms with van der Waals surface area (Å²) >= 11 is 0. The van der Waals surface area contributed by atoms with E-state index >= 15 is 0 Å². The molecule has 2 rings (SSSR count). The van der Waals surface area contributed by atoms with Crippen LogP contribution in [-0.2, 0) is 6.42 Å². The summed E-state index contributed by atoms with van der Waals surface area (Å²) in [6, 6.07) is 19.3. The fourth-order valence-electron chi connectivity index (χ4n) is 1.49. The van der Waals surface area contributed by atoms with Crippen molar-refractivity contribution in [1.29, 1.82) is 0 Å². The molecule has 0 fully saturated rings. The Hall–Kier alpha value is -2.62. The molecule has 4 heteroatoms. The molecule has 0 radical (unpaired) electrons. The minimum absolute atomic E-state index is 0.0236. The van der Waals surface area contributed by atoms with E-state index in [2.05, 4.69) is 10.2 Å². The van der Waals surface area contributed by atoms with Gasteiger partial charge in [0, 0.05) is 12.6 Å². The number of hydrogen-bond donors (Lipinski definition) is 1. The molecule has 0 aliphatic carbocycles. The van der Waals surface area contributed by atoms with E-state index in [0.717, 1.165) is 0 Å². The maximum atomic E-state index is 5.60. The number of rotatable bonds is 4. The van der Waals surface area contributed by atoms with Crippen LogP contribution < -0.4 is 10.5 Å². The Kier molecular flexibility index (Phi) is 4.70. The second-order valence-corrected chi connectivity index (χ2v) is 3.84. The van der Waals surface area contributed by atoms with Gasteiger partial charge in [-0.25, -0.2) is 0 Å². The first-order valence-corrected chi connectivity index (χ1v) is 5.96. The Morgan fingerprint density at radius 3 is 2.32 bits per heavy atom. The summed E-state index contributed by atoms with van der Waals surface area (Å²) in [4.78, 5) is 0. The highest BCUT2D eigenvalue weighted by Gasteiger charge is 1.94. The third kappa shape index (κ3) is 4.63. The lowest BCUT2D eigenvalue weighted by molar-refractivity contribution is 0.539. The summed E-state index contributed by atoms with van der Waals surface area (Å²) in [7, 11) is 0. The zero-order chi connectivity index (χ0) is 13.3. The molecule has 2 aromatic rings. The zero-order valence-corrected chi connectivity index (χ0v) is 10.4. The van der Waals surface area contributed by atoms with Gasteiger partial charge in [-0.2, -0.15) is 5.10 Å². The average Bonchev–Trinajstić information content (AvgIpc) is 2.46. The number of para-hydroxylation sites is 1. The Bertz CT molecular complexity index is 550. The SMILES string of the molecule is N/C(=N\N=C\Cc1ccccc1)Oc1ccccc1. The maximum Gasteiger partial charge on any atom is 0.311 e. The molecule has 0 saturated carbocycles. The van der Waals surface area contributed by atoms with Crippen LogP contribution in [0.15, 0.2) is 70.9 Å². The van der Waals surface area contributed by atoms with Gasteiger partial charge in [-0.05, 0) is 17.7 Å². The maximum absolute atomic E-state index is 5.60. The Morgan fingerprint density at radius 2 is 1.63 bits per heavy atom. The molecule has 0 aliphatic heterocycles. The molecule has 0 aromatic heterocycles. The first kappa shape index (κ1) is 12.8. The summed E-state index contributed by atoms with van der Waals surface area (Å²) < 4.78 is 5.28. The number of ether oxygens (including phenoxy) is 1. The molecule has 0 atom stereocenters. The third-order valence-electron chi connectivity index (χ3n) is 2.37. The van der Waals surface area contributed by atoms with Crippen molar-refractivity contribution in [2.75, 3.05) is 0 Å². The van der Waals surface area contributed by atoms with Crippen LogP contribution in [0.4, 0.5) is 0 Å². The Morgan fingerprint density at radius 1 is 1.00 bits per heavy atom. The van der Waals surface area contributed by atoms with E-state index in [4.69, 9.17) is 10.5 Å². The van der Waals surface area contributed by atoms with E-state index in [1.165, 1.54) is 5.56 Å². The van der Waals surface area contributed by atoms with Crippen molar-refractivity contribution in [3.05, 3.63) is 66.2 Å². The quantitative estimate of drug-likeness (QED) is 0.517. The molecule has 0 aliphatic rings. The van der Waals surface area contributed by atoms with Crippen molar-refractivity contribution in [2.24, 2.45) is 15.9 Å². The summed E-state index contributed by atoms with van der Waals surface area (Å²) in [5, 5.41) is 7.65. The van der Waals surface area contributed by atoms with E-state index in [-0.39, 0.29) is 6.02 Å². The fraction of sp³-hybridized carbons (Fsp3) is 0.0667. The van der Waals surface area contributed by atoms with E-state index in [9.17, 15) is 0 Å². The van der Waals surface area contributed by atoms with Gasteiger partial charge in [-0.15, -0.1) is 0 Å². The van der Waals surface area contributed by atoms with Gasteiger partial charge in [0.2, 0.25) is 0 Å². The molecular weight excluding hydrogens is 238 g/mol. The first-order chi connectivity index (χ1) is 9.34. The van der Waals surface area contributed by atoms with Crippen LogP contribution in [0, 0.1) is 0 Å². The fourth-order valence-corrected chi connectivity index (χ4v) is 1.49. The predicted molar refractivity (Wildman–Crippen MR) is 77.3 cm³/mol. The minimum atomic E-state index is 0.0236. The molecule has 0 spiro atoms. The van der Waals surface area contributed by atoms with Gasteiger partial charge in [0.15, 0.2) is 0 Å². The lowest BCUT2D eigenvalue weighted by Gasteiger charge is -2.01. The van der Waals surface area contributed by atoms with Gasteiger partial charge < -0.3 is 10.5 Å². The van der Waals surface area contributed by atoms with Crippen molar-refractivity contribution in [1.82, 2.24) is 0 Å². The van der Waals surface area contributed by atoms with Crippen LogP contribution in [0.5, 0.6) is 5.75 Å². The van der Waals surface area contributed by atoms with Crippen LogP contribution in [0.3, 0.4) is 0 Å². The summed E-state index contributed by atoms with van der Waals surface area (Å²) in [5.41, 5.74) is 6.77.